The van der Waals surface area contributed by atoms with Crippen molar-refractivity contribution in [2.24, 2.45) is 0 Å². The SMILES string of the molecule is CC(C)=CCCC(C)=CCC/C(C)=C/CSc1ccccc1. The van der Waals surface area contributed by atoms with E-state index in [1.54, 1.807) is 0 Å². The molecule has 0 bridgehead atoms. The first kappa shape index (κ1) is 18.8. The van der Waals surface area contributed by atoms with Crippen LogP contribution in [0.15, 0.2) is 70.2 Å². The standard InChI is InChI=1S/C21H30S/c1-18(2)10-8-11-19(3)12-9-13-20(4)16-17-22-21-14-6-5-7-15-21/h5-7,10,12,14-16H,8-9,11,13,17H2,1-4H3/b19-12?,20-16+. The highest BCUT2D eigenvalue weighted by Crippen LogP contribution is 2.18. The molecule has 1 rings (SSSR count). The molecule has 0 unspecified atom stereocenters. The minimum atomic E-state index is 1.07. The van der Waals surface area contributed by atoms with E-state index in [1.807, 2.05) is 11.8 Å². The van der Waals surface area contributed by atoms with Crippen LogP contribution in [0.4, 0.5) is 0 Å². The molecule has 0 saturated carbocycles. The first-order chi connectivity index (χ1) is 10.6. The van der Waals surface area contributed by atoms with Crippen LogP contribution in [0.1, 0.15) is 53.4 Å². The zero-order chi connectivity index (χ0) is 16.2. The van der Waals surface area contributed by atoms with Crippen LogP contribution in [-0.2, 0) is 0 Å². The number of thioether (sulfide) groups is 1. The lowest BCUT2D eigenvalue weighted by molar-refractivity contribution is 0.917. The zero-order valence-electron chi connectivity index (χ0n) is 14.6. The van der Waals surface area contributed by atoms with Gasteiger partial charge >= 0.3 is 0 Å². The first-order valence-corrected chi connectivity index (χ1v) is 9.19. The molecule has 0 heterocycles. The van der Waals surface area contributed by atoms with Crippen LogP contribution >= 0.6 is 11.8 Å². The fourth-order valence-electron chi connectivity index (χ4n) is 2.14. The molecular weight excluding hydrogens is 284 g/mol. The molecule has 1 aromatic rings. The summed E-state index contributed by atoms with van der Waals surface area (Å²) in [5.74, 6) is 1.07. The largest absolute Gasteiger partial charge is 0.122 e. The molecule has 0 radical (unpaired) electrons. The van der Waals surface area contributed by atoms with Gasteiger partial charge < -0.3 is 0 Å². The predicted octanol–water partition coefficient (Wildman–Crippen LogP) is 7.20. The highest BCUT2D eigenvalue weighted by molar-refractivity contribution is 7.99. The normalized spacial score (nSPS) is 12.4. The van der Waals surface area contributed by atoms with Gasteiger partial charge in [0.2, 0.25) is 0 Å². The third-order valence-corrected chi connectivity index (χ3v) is 4.49. The van der Waals surface area contributed by atoms with E-state index in [9.17, 15) is 0 Å². The molecule has 0 fully saturated rings. The Bertz CT molecular complexity index is 502. The number of hydrogen-bond acceptors (Lipinski definition) is 1. The molecule has 0 aliphatic carbocycles. The van der Waals surface area contributed by atoms with Crippen LogP contribution < -0.4 is 0 Å². The van der Waals surface area contributed by atoms with Crippen molar-refractivity contribution in [2.45, 2.75) is 58.3 Å². The summed E-state index contributed by atoms with van der Waals surface area (Å²) in [7, 11) is 0. The summed E-state index contributed by atoms with van der Waals surface area (Å²) in [6.07, 6.45) is 11.8. The number of rotatable bonds is 9. The molecule has 0 atom stereocenters. The van der Waals surface area contributed by atoms with Gasteiger partial charge in [-0.3, -0.25) is 0 Å². The minimum absolute atomic E-state index is 1.07. The fourth-order valence-corrected chi connectivity index (χ4v) is 3.05. The molecule has 0 amide bonds. The van der Waals surface area contributed by atoms with E-state index in [0.29, 0.717) is 0 Å². The highest BCUT2D eigenvalue weighted by atomic mass is 32.2. The average molecular weight is 315 g/mol. The van der Waals surface area contributed by atoms with Crippen molar-refractivity contribution in [3.8, 4) is 0 Å². The Morgan fingerprint density at radius 3 is 2.05 bits per heavy atom. The van der Waals surface area contributed by atoms with Gasteiger partial charge in [0, 0.05) is 10.6 Å². The summed E-state index contributed by atoms with van der Waals surface area (Å²) in [5.41, 5.74) is 4.43. The summed E-state index contributed by atoms with van der Waals surface area (Å²) in [4.78, 5) is 1.35. The summed E-state index contributed by atoms with van der Waals surface area (Å²) in [6, 6.07) is 10.6. The molecule has 1 aromatic carbocycles. The van der Waals surface area contributed by atoms with Gasteiger partial charge in [-0.15, -0.1) is 11.8 Å². The highest BCUT2D eigenvalue weighted by Gasteiger charge is 1.93. The van der Waals surface area contributed by atoms with Crippen LogP contribution in [0.5, 0.6) is 0 Å². The number of allylic oxidation sites excluding steroid dienone is 5. The van der Waals surface area contributed by atoms with Crippen molar-refractivity contribution in [1.82, 2.24) is 0 Å². The van der Waals surface area contributed by atoms with E-state index < -0.39 is 0 Å². The van der Waals surface area contributed by atoms with Gasteiger partial charge in [-0.05, 0) is 65.5 Å². The van der Waals surface area contributed by atoms with Gasteiger partial charge in [0.1, 0.15) is 0 Å². The second kappa shape index (κ2) is 11.4. The van der Waals surface area contributed by atoms with E-state index in [1.165, 1.54) is 47.3 Å². The van der Waals surface area contributed by atoms with Crippen LogP contribution in [0, 0.1) is 0 Å². The Morgan fingerprint density at radius 2 is 1.41 bits per heavy atom. The number of hydrogen-bond donors (Lipinski definition) is 0. The third-order valence-electron chi connectivity index (χ3n) is 3.55. The Hall–Kier alpha value is -1.21. The van der Waals surface area contributed by atoms with Crippen molar-refractivity contribution in [3.63, 3.8) is 0 Å². The van der Waals surface area contributed by atoms with Gasteiger partial charge in [-0.2, -0.15) is 0 Å². The molecule has 0 spiro atoms. The van der Waals surface area contributed by atoms with Crippen LogP contribution in [0.25, 0.3) is 0 Å². The monoisotopic (exact) mass is 314 g/mol. The van der Waals surface area contributed by atoms with Crippen LogP contribution in [0.2, 0.25) is 0 Å². The topological polar surface area (TPSA) is 0 Å². The molecule has 22 heavy (non-hydrogen) atoms. The predicted molar refractivity (Wildman–Crippen MR) is 103 cm³/mol. The molecule has 0 nitrogen and oxygen atoms in total. The third kappa shape index (κ3) is 9.68. The maximum absolute atomic E-state index is 2.40. The van der Waals surface area contributed by atoms with Crippen LogP contribution in [-0.4, -0.2) is 5.75 Å². The molecule has 0 N–H and O–H groups in total. The first-order valence-electron chi connectivity index (χ1n) is 8.20. The summed E-state index contributed by atoms with van der Waals surface area (Å²) >= 11 is 1.90. The Labute approximate surface area is 141 Å². The minimum Gasteiger partial charge on any atom is -0.122 e. The van der Waals surface area contributed by atoms with Gasteiger partial charge in [-0.25, -0.2) is 0 Å². The fraction of sp³-hybridized carbons (Fsp3) is 0.429. The van der Waals surface area contributed by atoms with E-state index in [0.717, 1.165) is 5.75 Å². The van der Waals surface area contributed by atoms with E-state index in [4.69, 9.17) is 0 Å². The second-order valence-electron chi connectivity index (χ2n) is 6.08. The number of benzene rings is 1. The van der Waals surface area contributed by atoms with Crippen molar-refractivity contribution >= 4 is 11.8 Å². The average Bonchev–Trinajstić information content (AvgIpc) is 2.48. The van der Waals surface area contributed by atoms with E-state index in [2.05, 4.69) is 76.3 Å². The van der Waals surface area contributed by atoms with E-state index in [-0.39, 0.29) is 0 Å². The van der Waals surface area contributed by atoms with Crippen molar-refractivity contribution in [1.29, 1.82) is 0 Å². The second-order valence-corrected chi connectivity index (χ2v) is 7.18. The molecule has 120 valence electrons. The maximum Gasteiger partial charge on any atom is 0.0163 e. The van der Waals surface area contributed by atoms with Gasteiger partial charge in [0.05, 0.1) is 0 Å². The Kier molecular flexibility index (Phi) is 9.74. The lowest BCUT2D eigenvalue weighted by Crippen LogP contribution is -1.82. The van der Waals surface area contributed by atoms with Crippen molar-refractivity contribution < 1.29 is 0 Å². The maximum atomic E-state index is 2.40. The Balaban J connectivity index is 2.22. The smallest absolute Gasteiger partial charge is 0.0163 e. The quantitative estimate of drug-likeness (QED) is 0.343. The van der Waals surface area contributed by atoms with Crippen molar-refractivity contribution in [3.05, 3.63) is 65.3 Å². The zero-order valence-corrected chi connectivity index (χ0v) is 15.4. The molecule has 0 saturated heterocycles. The molecule has 0 aliphatic rings. The van der Waals surface area contributed by atoms with Gasteiger partial charge in [0.15, 0.2) is 0 Å². The summed E-state index contributed by atoms with van der Waals surface area (Å²) in [5, 5.41) is 0. The summed E-state index contributed by atoms with van der Waals surface area (Å²) < 4.78 is 0. The van der Waals surface area contributed by atoms with Crippen LogP contribution in [0.3, 0.4) is 0 Å². The van der Waals surface area contributed by atoms with Crippen molar-refractivity contribution in [2.75, 3.05) is 5.75 Å². The molecular formula is C21H30S. The molecule has 0 aliphatic heterocycles. The van der Waals surface area contributed by atoms with E-state index >= 15 is 0 Å². The molecule has 1 heteroatoms. The summed E-state index contributed by atoms with van der Waals surface area (Å²) in [6.45, 7) is 8.84. The Morgan fingerprint density at radius 1 is 0.818 bits per heavy atom. The lowest BCUT2D eigenvalue weighted by atomic mass is 10.1. The molecule has 0 aromatic heterocycles. The van der Waals surface area contributed by atoms with Gasteiger partial charge in [0.25, 0.3) is 0 Å². The van der Waals surface area contributed by atoms with Gasteiger partial charge in [-0.1, -0.05) is 53.1 Å². The lowest BCUT2D eigenvalue weighted by Gasteiger charge is -2.02.